The Morgan fingerprint density at radius 3 is 2.77 bits per heavy atom. The van der Waals surface area contributed by atoms with Gasteiger partial charge in [-0.3, -0.25) is 0 Å². The second kappa shape index (κ2) is 6.32. The maximum atomic E-state index is 5.88. The van der Waals surface area contributed by atoms with Crippen LogP contribution < -0.4 is 5.73 Å². The van der Waals surface area contributed by atoms with Gasteiger partial charge in [0.25, 0.3) is 0 Å². The number of hydrogen-bond acceptors (Lipinski definition) is 4. The zero-order chi connectivity index (χ0) is 9.52. The molecule has 13 heavy (non-hydrogen) atoms. The lowest BCUT2D eigenvalue weighted by atomic mass is 10.1. The van der Waals surface area contributed by atoms with Gasteiger partial charge in [0, 0.05) is 26.2 Å². The lowest BCUT2D eigenvalue weighted by molar-refractivity contribution is -0.0511. The molecule has 1 saturated heterocycles. The molecule has 0 aromatic heterocycles. The number of methoxy groups -OCH3 is 1. The maximum Gasteiger partial charge on any atom is 0.159 e. The minimum absolute atomic E-state index is 0.0717. The van der Waals surface area contributed by atoms with Gasteiger partial charge in [0.05, 0.1) is 13.2 Å². The fraction of sp³-hybridized carbons (Fsp3) is 1.00. The molecule has 1 rings (SSSR count). The minimum Gasteiger partial charge on any atom is -0.385 e. The van der Waals surface area contributed by atoms with E-state index < -0.39 is 0 Å². The van der Waals surface area contributed by atoms with Gasteiger partial charge in [0.1, 0.15) is 0 Å². The molecule has 0 aromatic rings. The molecule has 1 aliphatic heterocycles. The average Bonchev–Trinajstić information content (AvgIpc) is 2.57. The summed E-state index contributed by atoms with van der Waals surface area (Å²) in [5, 5.41) is 0. The highest BCUT2D eigenvalue weighted by molar-refractivity contribution is 4.65. The SMILES string of the molecule is COCCCC(N)CC1OCCO1. The molecule has 0 amide bonds. The fourth-order valence-electron chi connectivity index (χ4n) is 1.40. The molecular formula is C9H19NO3. The highest BCUT2D eigenvalue weighted by Gasteiger charge is 2.18. The van der Waals surface area contributed by atoms with Gasteiger partial charge in [-0.15, -0.1) is 0 Å². The monoisotopic (exact) mass is 189 g/mol. The Kier molecular flexibility index (Phi) is 5.31. The van der Waals surface area contributed by atoms with Gasteiger partial charge in [-0.05, 0) is 12.8 Å². The van der Waals surface area contributed by atoms with Crippen LogP contribution in [0.4, 0.5) is 0 Å². The molecule has 1 atom stereocenters. The average molecular weight is 189 g/mol. The summed E-state index contributed by atoms with van der Waals surface area (Å²) >= 11 is 0. The van der Waals surface area contributed by atoms with Crippen molar-refractivity contribution in [3.05, 3.63) is 0 Å². The molecule has 0 spiro atoms. The van der Waals surface area contributed by atoms with E-state index in [0.29, 0.717) is 13.2 Å². The molecule has 0 radical (unpaired) electrons. The van der Waals surface area contributed by atoms with E-state index in [2.05, 4.69) is 0 Å². The van der Waals surface area contributed by atoms with E-state index >= 15 is 0 Å². The predicted molar refractivity (Wildman–Crippen MR) is 49.4 cm³/mol. The Morgan fingerprint density at radius 1 is 1.46 bits per heavy atom. The molecule has 0 aromatic carbocycles. The van der Waals surface area contributed by atoms with Crippen LogP contribution in [-0.2, 0) is 14.2 Å². The quantitative estimate of drug-likeness (QED) is 0.618. The highest BCUT2D eigenvalue weighted by atomic mass is 16.7. The van der Waals surface area contributed by atoms with E-state index in [1.165, 1.54) is 0 Å². The second-order valence-corrected chi connectivity index (χ2v) is 3.30. The Balaban J connectivity index is 1.99. The first-order valence-corrected chi connectivity index (χ1v) is 4.80. The second-order valence-electron chi connectivity index (χ2n) is 3.30. The first kappa shape index (κ1) is 10.9. The van der Waals surface area contributed by atoms with Crippen LogP contribution in [0.1, 0.15) is 19.3 Å². The van der Waals surface area contributed by atoms with Crippen LogP contribution in [0, 0.1) is 0 Å². The summed E-state index contributed by atoms with van der Waals surface area (Å²) in [5.74, 6) is 0. The molecule has 1 fully saturated rings. The van der Waals surface area contributed by atoms with E-state index in [1.54, 1.807) is 7.11 Å². The van der Waals surface area contributed by atoms with Crippen molar-refractivity contribution in [1.82, 2.24) is 0 Å². The molecule has 1 unspecified atom stereocenters. The van der Waals surface area contributed by atoms with Crippen LogP contribution >= 0.6 is 0 Å². The lowest BCUT2D eigenvalue weighted by Gasteiger charge is -2.15. The van der Waals surface area contributed by atoms with Crippen LogP contribution in [0.25, 0.3) is 0 Å². The summed E-state index contributed by atoms with van der Waals surface area (Å²) in [6, 6.07) is 0.165. The van der Waals surface area contributed by atoms with Crippen LogP contribution in [-0.4, -0.2) is 39.3 Å². The molecule has 0 bridgehead atoms. The van der Waals surface area contributed by atoms with Crippen LogP contribution in [0.15, 0.2) is 0 Å². The molecule has 1 aliphatic rings. The van der Waals surface area contributed by atoms with E-state index in [4.69, 9.17) is 19.9 Å². The third-order valence-electron chi connectivity index (χ3n) is 2.11. The van der Waals surface area contributed by atoms with Crippen molar-refractivity contribution in [2.45, 2.75) is 31.6 Å². The molecule has 4 heteroatoms. The van der Waals surface area contributed by atoms with E-state index in [1.807, 2.05) is 0 Å². The Bertz CT molecular complexity index is 126. The highest BCUT2D eigenvalue weighted by Crippen LogP contribution is 2.11. The van der Waals surface area contributed by atoms with E-state index in [0.717, 1.165) is 25.9 Å². The maximum absolute atomic E-state index is 5.88. The van der Waals surface area contributed by atoms with Crippen LogP contribution in [0.2, 0.25) is 0 Å². The molecule has 4 nitrogen and oxygen atoms in total. The molecule has 0 aliphatic carbocycles. The van der Waals surface area contributed by atoms with Gasteiger partial charge < -0.3 is 19.9 Å². The molecule has 78 valence electrons. The van der Waals surface area contributed by atoms with Crippen LogP contribution in [0.5, 0.6) is 0 Å². The molecule has 2 N–H and O–H groups in total. The van der Waals surface area contributed by atoms with Gasteiger partial charge >= 0.3 is 0 Å². The minimum atomic E-state index is -0.0717. The van der Waals surface area contributed by atoms with Crippen molar-refractivity contribution in [2.75, 3.05) is 26.9 Å². The zero-order valence-electron chi connectivity index (χ0n) is 8.20. The Labute approximate surface area is 79.3 Å². The van der Waals surface area contributed by atoms with Crippen molar-refractivity contribution in [1.29, 1.82) is 0 Å². The summed E-state index contributed by atoms with van der Waals surface area (Å²) in [5.41, 5.74) is 5.88. The smallest absolute Gasteiger partial charge is 0.159 e. The number of hydrogen-bond donors (Lipinski definition) is 1. The van der Waals surface area contributed by atoms with Gasteiger partial charge in [0.2, 0.25) is 0 Å². The molecule has 0 saturated carbocycles. The predicted octanol–water partition coefficient (Wildman–Crippen LogP) is 0.503. The number of rotatable bonds is 6. The lowest BCUT2D eigenvalue weighted by Crippen LogP contribution is -2.26. The number of ether oxygens (including phenoxy) is 3. The largest absolute Gasteiger partial charge is 0.385 e. The van der Waals surface area contributed by atoms with Crippen molar-refractivity contribution in [3.63, 3.8) is 0 Å². The van der Waals surface area contributed by atoms with E-state index in [-0.39, 0.29) is 12.3 Å². The first-order valence-electron chi connectivity index (χ1n) is 4.80. The number of nitrogens with two attached hydrogens (primary N) is 1. The van der Waals surface area contributed by atoms with Gasteiger partial charge in [0.15, 0.2) is 6.29 Å². The summed E-state index contributed by atoms with van der Waals surface area (Å²) in [7, 11) is 1.70. The molecular weight excluding hydrogens is 170 g/mol. The van der Waals surface area contributed by atoms with Crippen molar-refractivity contribution < 1.29 is 14.2 Å². The first-order chi connectivity index (χ1) is 6.33. The van der Waals surface area contributed by atoms with Gasteiger partial charge in [-0.25, -0.2) is 0 Å². The van der Waals surface area contributed by atoms with Crippen LogP contribution in [0.3, 0.4) is 0 Å². The van der Waals surface area contributed by atoms with Crippen molar-refractivity contribution in [2.24, 2.45) is 5.73 Å². The Morgan fingerprint density at radius 2 is 2.15 bits per heavy atom. The summed E-state index contributed by atoms with van der Waals surface area (Å²) in [6.45, 7) is 2.19. The normalized spacial score (nSPS) is 20.8. The van der Waals surface area contributed by atoms with E-state index in [9.17, 15) is 0 Å². The fourth-order valence-corrected chi connectivity index (χ4v) is 1.40. The Hall–Kier alpha value is -0.160. The summed E-state index contributed by atoms with van der Waals surface area (Å²) in [6.07, 6.45) is 2.70. The molecule has 1 heterocycles. The van der Waals surface area contributed by atoms with Crippen molar-refractivity contribution in [3.8, 4) is 0 Å². The third-order valence-corrected chi connectivity index (χ3v) is 2.11. The topological polar surface area (TPSA) is 53.7 Å². The summed E-state index contributed by atoms with van der Waals surface area (Å²) < 4.78 is 15.5. The standard InChI is InChI=1S/C9H19NO3/c1-11-4-2-3-8(10)7-9-12-5-6-13-9/h8-9H,2-7,10H2,1H3. The van der Waals surface area contributed by atoms with Gasteiger partial charge in [-0.1, -0.05) is 0 Å². The zero-order valence-corrected chi connectivity index (χ0v) is 8.20. The van der Waals surface area contributed by atoms with Gasteiger partial charge in [-0.2, -0.15) is 0 Å². The third kappa shape index (κ3) is 4.57. The summed E-state index contributed by atoms with van der Waals surface area (Å²) in [4.78, 5) is 0. The van der Waals surface area contributed by atoms with Crippen molar-refractivity contribution >= 4 is 0 Å².